The van der Waals surface area contributed by atoms with Crippen LogP contribution in [0.5, 0.6) is 0 Å². The van der Waals surface area contributed by atoms with Gasteiger partial charge in [-0.25, -0.2) is 9.59 Å². The predicted octanol–water partition coefficient (Wildman–Crippen LogP) is 3.06. The number of hydrogen-bond acceptors (Lipinski definition) is 4. The number of carbonyl (C=O) groups is 2. The van der Waals surface area contributed by atoms with E-state index in [2.05, 4.69) is 4.74 Å². The van der Waals surface area contributed by atoms with Crippen molar-refractivity contribution in [3.63, 3.8) is 0 Å². The van der Waals surface area contributed by atoms with Crippen LogP contribution in [0.3, 0.4) is 0 Å². The molecule has 0 atom stereocenters. The Labute approximate surface area is 122 Å². The molecule has 0 aliphatic carbocycles. The van der Waals surface area contributed by atoms with Crippen LogP contribution >= 0.6 is 0 Å². The van der Waals surface area contributed by atoms with Gasteiger partial charge in [-0.05, 0) is 23.8 Å². The largest absolute Gasteiger partial charge is 0.463 e. The Kier molecular flexibility index (Phi) is 4.88. The summed E-state index contributed by atoms with van der Waals surface area (Å²) in [4.78, 5) is 23.7. The smallest absolute Gasteiger partial charge is 0.374 e. The normalized spacial score (nSPS) is 10.8. The molecule has 0 unspecified atom stereocenters. The Hall–Kier alpha value is -2.88. The Bertz CT molecular complexity index is 645. The van der Waals surface area contributed by atoms with Crippen molar-refractivity contribution in [3.8, 4) is 0 Å². The summed E-state index contributed by atoms with van der Waals surface area (Å²) in [6.45, 7) is 0. The minimum Gasteiger partial charge on any atom is -0.463 e. The van der Waals surface area contributed by atoms with Crippen molar-refractivity contribution in [3.05, 3.63) is 77.5 Å². The molecule has 0 aliphatic heterocycles. The van der Waals surface area contributed by atoms with Crippen molar-refractivity contribution in [1.29, 1.82) is 0 Å². The van der Waals surface area contributed by atoms with Gasteiger partial charge in [-0.1, -0.05) is 48.5 Å². The monoisotopic (exact) mass is 282 g/mol. The van der Waals surface area contributed by atoms with Gasteiger partial charge in [0.05, 0.1) is 12.7 Å². The minimum absolute atomic E-state index is 0.155. The molecule has 0 N–H and O–H groups in total. The second-order valence-electron chi connectivity index (χ2n) is 4.17. The van der Waals surface area contributed by atoms with E-state index in [1.165, 1.54) is 13.2 Å². The molecular formula is C17H14O4. The summed E-state index contributed by atoms with van der Waals surface area (Å²) in [6, 6.07) is 17.5. The molecule has 0 saturated heterocycles. The zero-order chi connectivity index (χ0) is 15.1. The Balaban J connectivity index is 2.24. The number of ether oxygens (including phenoxy) is 2. The fraction of sp³-hybridized carbons (Fsp3) is 0.0588. The topological polar surface area (TPSA) is 52.6 Å². The summed E-state index contributed by atoms with van der Waals surface area (Å²) in [5.41, 5.74) is 1.10. The number of hydrogen-bond donors (Lipinski definition) is 0. The summed E-state index contributed by atoms with van der Waals surface area (Å²) in [7, 11) is 1.23. The first kappa shape index (κ1) is 14.5. The van der Waals surface area contributed by atoms with Crippen molar-refractivity contribution in [1.82, 2.24) is 0 Å². The Morgan fingerprint density at radius 1 is 0.905 bits per heavy atom. The van der Waals surface area contributed by atoms with Gasteiger partial charge in [0.25, 0.3) is 0 Å². The van der Waals surface area contributed by atoms with Crippen LogP contribution in [0.1, 0.15) is 15.9 Å². The molecule has 0 aliphatic rings. The van der Waals surface area contributed by atoms with Crippen LogP contribution in [-0.2, 0) is 14.3 Å². The van der Waals surface area contributed by atoms with E-state index in [0.717, 1.165) is 5.56 Å². The lowest BCUT2D eigenvalue weighted by atomic mass is 10.2. The quantitative estimate of drug-likeness (QED) is 0.491. The maximum absolute atomic E-state index is 12.0. The summed E-state index contributed by atoms with van der Waals surface area (Å²) in [5, 5.41) is 0. The van der Waals surface area contributed by atoms with E-state index < -0.39 is 11.9 Å². The molecule has 0 aromatic heterocycles. The highest BCUT2D eigenvalue weighted by Gasteiger charge is 2.17. The molecule has 0 saturated carbocycles. The van der Waals surface area contributed by atoms with Crippen molar-refractivity contribution in [2.45, 2.75) is 0 Å². The second-order valence-corrected chi connectivity index (χ2v) is 4.17. The summed E-state index contributed by atoms with van der Waals surface area (Å²) >= 11 is 0. The van der Waals surface area contributed by atoms with Gasteiger partial charge in [-0.2, -0.15) is 0 Å². The molecule has 106 valence electrons. The molecule has 2 aromatic rings. The second kappa shape index (κ2) is 7.05. The SMILES string of the molecule is COC(=O)/C(=C/c1ccccc1)OC(=O)c1ccccc1. The van der Waals surface area contributed by atoms with Crippen LogP contribution in [0.2, 0.25) is 0 Å². The summed E-state index contributed by atoms with van der Waals surface area (Å²) in [6.07, 6.45) is 1.46. The standard InChI is InChI=1S/C17H14O4/c1-20-17(19)15(12-13-8-4-2-5-9-13)21-16(18)14-10-6-3-7-11-14/h2-12H,1H3/b15-12-. The molecule has 21 heavy (non-hydrogen) atoms. The van der Waals surface area contributed by atoms with Crippen molar-refractivity contribution in [2.75, 3.05) is 7.11 Å². The number of benzene rings is 2. The lowest BCUT2D eigenvalue weighted by Gasteiger charge is -2.07. The zero-order valence-electron chi connectivity index (χ0n) is 11.5. The lowest BCUT2D eigenvalue weighted by molar-refractivity contribution is -0.139. The maximum atomic E-state index is 12.0. The third kappa shape index (κ3) is 4.04. The third-order valence-corrected chi connectivity index (χ3v) is 2.70. The Morgan fingerprint density at radius 2 is 1.48 bits per heavy atom. The van der Waals surface area contributed by atoms with Crippen LogP contribution in [-0.4, -0.2) is 19.0 Å². The molecule has 2 rings (SSSR count). The van der Waals surface area contributed by atoms with E-state index in [1.54, 1.807) is 42.5 Å². The highest BCUT2D eigenvalue weighted by molar-refractivity contribution is 5.98. The molecular weight excluding hydrogens is 268 g/mol. The van der Waals surface area contributed by atoms with E-state index >= 15 is 0 Å². The third-order valence-electron chi connectivity index (χ3n) is 2.70. The van der Waals surface area contributed by atoms with Gasteiger partial charge >= 0.3 is 11.9 Å². The first-order valence-corrected chi connectivity index (χ1v) is 6.33. The van der Waals surface area contributed by atoms with Gasteiger partial charge in [-0.3, -0.25) is 0 Å². The molecule has 0 bridgehead atoms. The molecule has 0 heterocycles. The highest BCUT2D eigenvalue weighted by atomic mass is 16.6. The summed E-state index contributed by atoms with van der Waals surface area (Å²) < 4.78 is 9.78. The van der Waals surface area contributed by atoms with Gasteiger partial charge in [-0.15, -0.1) is 0 Å². The van der Waals surface area contributed by atoms with E-state index in [0.29, 0.717) is 5.56 Å². The van der Waals surface area contributed by atoms with Gasteiger partial charge in [0.2, 0.25) is 5.76 Å². The van der Waals surface area contributed by atoms with Crippen LogP contribution in [0, 0.1) is 0 Å². The van der Waals surface area contributed by atoms with Crippen molar-refractivity contribution < 1.29 is 19.1 Å². The molecule has 0 amide bonds. The van der Waals surface area contributed by atoms with Gasteiger partial charge < -0.3 is 9.47 Å². The van der Waals surface area contributed by atoms with Crippen LogP contribution in [0.15, 0.2) is 66.4 Å². The molecule has 4 nitrogen and oxygen atoms in total. The lowest BCUT2D eigenvalue weighted by Crippen LogP contribution is -2.13. The van der Waals surface area contributed by atoms with E-state index in [-0.39, 0.29) is 5.76 Å². The fourth-order valence-corrected chi connectivity index (χ4v) is 1.66. The highest BCUT2D eigenvalue weighted by Crippen LogP contribution is 2.12. The molecule has 0 spiro atoms. The number of rotatable bonds is 4. The van der Waals surface area contributed by atoms with E-state index in [4.69, 9.17) is 4.74 Å². The van der Waals surface area contributed by atoms with Crippen LogP contribution < -0.4 is 0 Å². The first-order chi connectivity index (χ1) is 10.2. The summed E-state index contributed by atoms with van der Waals surface area (Å²) in [5.74, 6) is -1.47. The van der Waals surface area contributed by atoms with Crippen LogP contribution in [0.25, 0.3) is 6.08 Å². The molecule has 4 heteroatoms. The number of methoxy groups -OCH3 is 1. The first-order valence-electron chi connectivity index (χ1n) is 6.33. The molecule has 0 radical (unpaired) electrons. The van der Waals surface area contributed by atoms with Crippen molar-refractivity contribution in [2.24, 2.45) is 0 Å². The van der Waals surface area contributed by atoms with E-state index in [9.17, 15) is 9.59 Å². The fourth-order valence-electron chi connectivity index (χ4n) is 1.66. The number of esters is 2. The van der Waals surface area contributed by atoms with Gasteiger partial charge in [0, 0.05) is 0 Å². The minimum atomic E-state index is -0.705. The van der Waals surface area contributed by atoms with E-state index in [1.807, 2.05) is 18.2 Å². The predicted molar refractivity (Wildman–Crippen MR) is 78.3 cm³/mol. The molecule has 0 fully saturated rings. The average molecular weight is 282 g/mol. The average Bonchev–Trinajstić information content (AvgIpc) is 2.55. The number of carbonyl (C=O) groups excluding carboxylic acids is 2. The Morgan fingerprint density at radius 3 is 2.05 bits per heavy atom. The zero-order valence-corrected chi connectivity index (χ0v) is 11.5. The van der Waals surface area contributed by atoms with Crippen molar-refractivity contribution >= 4 is 18.0 Å². The van der Waals surface area contributed by atoms with Gasteiger partial charge in [0.15, 0.2) is 0 Å². The maximum Gasteiger partial charge on any atom is 0.374 e. The van der Waals surface area contributed by atoms with Crippen LogP contribution in [0.4, 0.5) is 0 Å². The molecule has 2 aromatic carbocycles. The van der Waals surface area contributed by atoms with Gasteiger partial charge in [0.1, 0.15) is 0 Å².